The van der Waals surface area contributed by atoms with Crippen molar-refractivity contribution in [1.82, 2.24) is 19.8 Å². The number of benzene rings is 3. The number of ether oxygens (including phenoxy) is 1. The zero-order valence-electron chi connectivity index (χ0n) is 30.8. The van der Waals surface area contributed by atoms with E-state index in [1.807, 2.05) is 13.1 Å². The van der Waals surface area contributed by atoms with E-state index >= 15 is 4.39 Å². The highest BCUT2D eigenvalue weighted by Gasteiger charge is 2.44. The van der Waals surface area contributed by atoms with Gasteiger partial charge in [0.05, 0.1) is 18.7 Å². The number of hydrazone groups is 1. The fourth-order valence-electron chi connectivity index (χ4n) is 7.14. The first-order valence-corrected chi connectivity index (χ1v) is 19.4. The van der Waals surface area contributed by atoms with Crippen LogP contribution in [0.25, 0.3) is 0 Å². The lowest BCUT2D eigenvalue weighted by molar-refractivity contribution is -0.129. The van der Waals surface area contributed by atoms with Gasteiger partial charge >= 0.3 is 0 Å². The molecule has 280 valence electrons. The third-order valence-electron chi connectivity index (χ3n) is 10.3. The molecule has 2 fully saturated rings. The summed E-state index contributed by atoms with van der Waals surface area (Å²) >= 11 is 1.73. The maximum atomic E-state index is 15.0. The molecule has 0 N–H and O–H groups in total. The smallest absolute Gasteiger partial charge is 0.240 e. The number of anilines is 2. The number of carbonyl (C=O) groups is 1. The van der Waals surface area contributed by atoms with Crippen molar-refractivity contribution in [3.63, 3.8) is 0 Å². The molecule has 53 heavy (non-hydrogen) atoms. The lowest BCUT2D eigenvalue weighted by Gasteiger charge is -2.37. The molecule has 0 radical (unpaired) electrons. The average Bonchev–Trinajstić information content (AvgIpc) is 3.84. The summed E-state index contributed by atoms with van der Waals surface area (Å²) < 4.78 is 37.0. The van der Waals surface area contributed by atoms with Crippen LogP contribution in [0.2, 0.25) is 0 Å². The summed E-state index contributed by atoms with van der Waals surface area (Å²) in [4.78, 5) is 22.0. The van der Waals surface area contributed by atoms with Gasteiger partial charge in [-0.05, 0) is 86.6 Å². The molecular formula is C41H49F2N7O2S. The minimum Gasteiger partial charge on any atom is -0.368 e. The Labute approximate surface area is 315 Å². The standard InChI is InChI=1S/C41H49F2N7O2S/c1-5-30(3)50(31(4)51)45-25-32(6-2)23-33-7-10-35(11-8-33)47-19-21-48(22-20-47)36-12-14-38(15-13-36)53-26-37-17-18-41(52-37,27-49-29-44-28-46-49)39-16-9-34(42)24-40(39)43/h5,7-16,24-25,28-30,32,37H,1,6,17-23,26-27H2,2-4H3. The van der Waals surface area contributed by atoms with Crippen molar-refractivity contribution in [1.29, 1.82) is 0 Å². The number of carbonyl (C=O) groups excluding carboxylic acids is 1. The van der Waals surface area contributed by atoms with Crippen molar-refractivity contribution in [3.8, 4) is 0 Å². The number of hydrogen-bond donors (Lipinski definition) is 0. The first-order chi connectivity index (χ1) is 25.7. The second-order valence-corrected chi connectivity index (χ2v) is 15.0. The van der Waals surface area contributed by atoms with Gasteiger partial charge in [-0.3, -0.25) is 4.79 Å². The zero-order valence-corrected chi connectivity index (χ0v) is 31.6. The molecule has 0 aliphatic carbocycles. The maximum absolute atomic E-state index is 15.0. The molecule has 2 aliphatic rings. The van der Waals surface area contributed by atoms with E-state index in [0.29, 0.717) is 18.5 Å². The number of rotatable bonds is 15. The minimum atomic E-state index is -0.941. The van der Waals surface area contributed by atoms with Gasteiger partial charge in [-0.25, -0.2) is 23.5 Å². The van der Waals surface area contributed by atoms with Gasteiger partial charge in [0.2, 0.25) is 5.91 Å². The summed E-state index contributed by atoms with van der Waals surface area (Å²) in [6.07, 6.45) is 9.72. The number of halogens is 2. The van der Waals surface area contributed by atoms with Gasteiger partial charge in [0, 0.05) is 73.0 Å². The van der Waals surface area contributed by atoms with Crippen molar-refractivity contribution in [2.45, 2.75) is 75.6 Å². The largest absolute Gasteiger partial charge is 0.368 e. The van der Waals surface area contributed by atoms with Crippen molar-refractivity contribution >= 4 is 35.3 Å². The normalized spacial score (nSPS) is 20.1. The molecule has 0 saturated carbocycles. The van der Waals surface area contributed by atoms with Crippen molar-refractivity contribution in [2.24, 2.45) is 11.0 Å². The molecule has 1 aromatic heterocycles. The third kappa shape index (κ3) is 9.52. The minimum absolute atomic E-state index is 0.0910. The highest BCUT2D eigenvalue weighted by Crippen LogP contribution is 2.43. The Bertz CT molecular complexity index is 1830. The topological polar surface area (TPSA) is 79.1 Å². The number of amides is 1. The fraction of sp³-hybridized carbons (Fsp3) is 0.415. The Kier molecular flexibility index (Phi) is 12.6. The molecule has 4 unspecified atom stereocenters. The van der Waals surface area contributed by atoms with Crippen LogP contribution in [0, 0.1) is 17.6 Å². The van der Waals surface area contributed by atoms with E-state index in [0.717, 1.165) is 62.2 Å². The van der Waals surface area contributed by atoms with Gasteiger partial charge in [-0.2, -0.15) is 10.2 Å². The van der Waals surface area contributed by atoms with Crippen molar-refractivity contribution in [2.75, 3.05) is 41.7 Å². The molecule has 0 bridgehead atoms. The van der Waals surface area contributed by atoms with E-state index in [2.05, 4.69) is 87.0 Å². The number of piperazine rings is 1. The van der Waals surface area contributed by atoms with Crippen molar-refractivity contribution in [3.05, 3.63) is 115 Å². The van der Waals surface area contributed by atoms with Gasteiger partial charge in [0.1, 0.15) is 29.9 Å². The molecule has 3 aromatic carbocycles. The van der Waals surface area contributed by atoms with Crippen LogP contribution in [-0.4, -0.2) is 76.0 Å². The van der Waals surface area contributed by atoms with Gasteiger partial charge in [0.15, 0.2) is 0 Å². The first-order valence-electron chi connectivity index (χ1n) is 18.4. The molecule has 9 nitrogen and oxygen atoms in total. The SMILES string of the molecule is C=CC(C)N(N=CC(CC)Cc1ccc(N2CCN(c3ccc(SCC4CCC(Cn5cncn5)(c5ccc(F)cc5F)O4)cc3)CC2)cc1)C(C)=O. The van der Waals surface area contributed by atoms with Gasteiger partial charge in [-0.15, -0.1) is 18.3 Å². The molecule has 1 amide bonds. The lowest BCUT2D eigenvalue weighted by Crippen LogP contribution is -2.46. The summed E-state index contributed by atoms with van der Waals surface area (Å²) in [5.41, 5.74) is 3.10. The van der Waals surface area contributed by atoms with Crippen LogP contribution in [-0.2, 0) is 28.1 Å². The Morgan fingerprint density at radius 2 is 1.75 bits per heavy atom. The van der Waals surface area contributed by atoms with Crippen molar-refractivity contribution < 1.29 is 18.3 Å². The van der Waals surface area contributed by atoms with Crippen LogP contribution in [0.1, 0.15) is 51.2 Å². The van der Waals surface area contributed by atoms with Crippen LogP contribution < -0.4 is 9.80 Å². The maximum Gasteiger partial charge on any atom is 0.240 e. The number of aromatic nitrogens is 3. The van der Waals surface area contributed by atoms with Crippen LogP contribution in [0.3, 0.4) is 0 Å². The molecule has 3 heterocycles. The Morgan fingerprint density at radius 1 is 1.08 bits per heavy atom. The fourth-order valence-corrected chi connectivity index (χ4v) is 8.08. The molecule has 6 rings (SSSR count). The second kappa shape index (κ2) is 17.5. The van der Waals surface area contributed by atoms with E-state index < -0.39 is 17.2 Å². The van der Waals surface area contributed by atoms with Gasteiger partial charge < -0.3 is 14.5 Å². The number of nitrogens with zero attached hydrogens (tertiary/aromatic N) is 7. The molecular weight excluding hydrogens is 693 g/mol. The molecule has 2 aliphatic heterocycles. The summed E-state index contributed by atoms with van der Waals surface area (Å²) in [7, 11) is 0. The van der Waals surface area contributed by atoms with Crippen LogP contribution in [0.4, 0.5) is 20.2 Å². The first kappa shape index (κ1) is 38.2. The summed E-state index contributed by atoms with van der Waals surface area (Å²) in [5, 5.41) is 10.2. The number of hydrogen-bond acceptors (Lipinski definition) is 8. The van der Waals surface area contributed by atoms with E-state index in [4.69, 9.17) is 4.74 Å². The molecule has 4 aromatic rings. The Hall–Kier alpha value is -4.55. The quantitative estimate of drug-likeness (QED) is 0.0535. The predicted octanol–water partition coefficient (Wildman–Crippen LogP) is 7.73. The Balaban J connectivity index is 0.982. The van der Waals surface area contributed by atoms with Crippen LogP contribution in [0.5, 0.6) is 0 Å². The van der Waals surface area contributed by atoms with Crippen LogP contribution in [0.15, 0.2) is 102 Å². The highest BCUT2D eigenvalue weighted by atomic mass is 32.2. The summed E-state index contributed by atoms with van der Waals surface area (Å²) in [5.74, 6) is -0.354. The van der Waals surface area contributed by atoms with Crippen LogP contribution >= 0.6 is 11.8 Å². The summed E-state index contributed by atoms with van der Waals surface area (Å²) in [6, 6.07) is 21.1. The highest BCUT2D eigenvalue weighted by molar-refractivity contribution is 7.99. The third-order valence-corrected chi connectivity index (χ3v) is 11.4. The van der Waals surface area contributed by atoms with E-state index in [1.54, 1.807) is 28.8 Å². The molecule has 0 spiro atoms. The zero-order chi connectivity index (χ0) is 37.4. The number of thioether (sulfide) groups is 1. The molecule has 12 heteroatoms. The lowest BCUT2D eigenvalue weighted by atomic mass is 9.90. The summed E-state index contributed by atoms with van der Waals surface area (Å²) in [6.45, 7) is 13.4. The Morgan fingerprint density at radius 3 is 2.34 bits per heavy atom. The van der Waals surface area contributed by atoms with E-state index in [1.165, 1.54) is 47.3 Å². The average molecular weight is 742 g/mol. The van der Waals surface area contributed by atoms with Gasteiger partial charge in [0.25, 0.3) is 0 Å². The predicted molar refractivity (Wildman–Crippen MR) is 208 cm³/mol. The second-order valence-electron chi connectivity index (χ2n) is 13.9. The van der Waals surface area contributed by atoms with E-state index in [-0.39, 0.29) is 24.0 Å². The molecule has 2 saturated heterocycles. The molecule has 4 atom stereocenters. The van der Waals surface area contributed by atoms with Gasteiger partial charge in [-0.1, -0.05) is 31.2 Å². The van der Waals surface area contributed by atoms with E-state index in [9.17, 15) is 9.18 Å². The monoisotopic (exact) mass is 741 g/mol.